The topological polar surface area (TPSA) is 88.8 Å². The van der Waals surface area contributed by atoms with Crippen LogP contribution in [0.15, 0.2) is 40.3 Å². The van der Waals surface area contributed by atoms with Gasteiger partial charge in [0.1, 0.15) is 5.76 Å². The predicted molar refractivity (Wildman–Crippen MR) is 99.1 cm³/mol. The minimum absolute atomic E-state index is 0.00230. The minimum atomic E-state index is -0.877. The van der Waals surface area contributed by atoms with E-state index in [0.29, 0.717) is 36.6 Å². The highest BCUT2D eigenvalue weighted by Crippen LogP contribution is 2.22. The molecule has 144 valence electrons. The lowest BCUT2D eigenvalue weighted by Crippen LogP contribution is -2.42. The standard InChI is InChI=1S/C19H22N2O5S/c1-13(17(22)20-12-15-4-2-10-25-15)26-19(24)14-6-8-21(9-7-14)18(23)16-5-3-11-27-16/h2-5,10-11,13-14H,6-9,12H2,1H3,(H,20,22)/t13-/m0/s1. The lowest BCUT2D eigenvalue weighted by molar-refractivity contribution is -0.160. The maximum absolute atomic E-state index is 12.3. The van der Waals surface area contributed by atoms with Crippen LogP contribution in [0.5, 0.6) is 0 Å². The summed E-state index contributed by atoms with van der Waals surface area (Å²) >= 11 is 1.41. The van der Waals surface area contributed by atoms with Gasteiger partial charge in [-0.3, -0.25) is 14.4 Å². The molecule has 0 unspecified atom stereocenters. The highest BCUT2D eigenvalue weighted by Gasteiger charge is 2.30. The van der Waals surface area contributed by atoms with Crippen LogP contribution in [0.3, 0.4) is 0 Å². The molecule has 27 heavy (non-hydrogen) atoms. The van der Waals surface area contributed by atoms with Gasteiger partial charge >= 0.3 is 5.97 Å². The first-order valence-electron chi connectivity index (χ1n) is 8.88. The minimum Gasteiger partial charge on any atom is -0.467 e. The summed E-state index contributed by atoms with van der Waals surface area (Å²) in [6, 6.07) is 7.14. The number of hydrogen-bond donors (Lipinski definition) is 1. The van der Waals surface area contributed by atoms with Crippen molar-refractivity contribution in [2.75, 3.05) is 13.1 Å². The molecule has 1 atom stereocenters. The van der Waals surface area contributed by atoms with Crippen LogP contribution in [0.1, 0.15) is 35.2 Å². The van der Waals surface area contributed by atoms with Crippen molar-refractivity contribution >= 4 is 29.1 Å². The van der Waals surface area contributed by atoms with Gasteiger partial charge < -0.3 is 19.4 Å². The molecule has 1 N–H and O–H groups in total. The molecule has 0 bridgehead atoms. The molecule has 1 saturated heterocycles. The number of likely N-dealkylation sites (tertiary alicyclic amines) is 1. The summed E-state index contributed by atoms with van der Waals surface area (Å²) in [5.41, 5.74) is 0. The Kier molecular flexibility index (Phi) is 6.28. The van der Waals surface area contributed by atoms with E-state index in [1.165, 1.54) is 17.6 Å². The van der Waals surface area contributed by atoms with Crippen molar-refractivity contribution in [2.24, 2.45) is 5.92 Å². The molecule has 0 aromatic carbocycles. The number of rotatable bonds is 6. The van der Waals surface area contributed by atoms with Gasteiger partial charge in [-0.15, -0.1) is 11.3 Å². The summed E-state index contributed by atoms with van der Waals surface area (Å²) in [5, 5.41) is 4.54. The molecule has 0 radical (unpaired) electrons. The van der Waals surface area contributed by atoms with E-state index in [0.717, 1.165) is 0 Å². The maximum atomic E-state index is 12.3. The molecule has 0 saturated carbocycles. The Morgan fingerprint density at radius 3 is 2.70 bits per heavy atom. The second-order valence-electron chi connectivity index (χ2n) is 6.42. The number of nitrogens with zero attached hydrogens (tertiary/aromatic N) is 1. The average molecular weight is 390 g/mol. The van der Waals surface area contributed by atoms with Crippen molar-refractivity contribution < 1.29 is 23.5 Å². The molecular weight excluding hydrogens is 368 g/mol. The highest BCUT2D eigenvalue weighted by atomic mass is 32.1. The quantitative estimate of drug-likeness (QED) is 0.766. The Labute approximate surface area is 161 Å². The predicted octanol–water partition coefficient (Wildman–Crippen LogP) is 2.44. The van der Waals surface area contributed by atoms with Crippen LogP contribution in [0.25, 0.3) is 0 Å². The molecule has 0 aliphatic carbocycles. The van der Waals surface area contributed by atoms with E-state index >= 15 is 0 Å². The van der Waals surface area contributed by atoms with Gasteiger partial charge in [-0.25, -0.2) is 0 Å². The fourth-order valence-corrected chi connectivity index (χ4v) is 3.62. The highest BCUT2D eigenvalue weighted by molar-refractivity contribution is 7.12. The van der Waals surface area contributed by atoms with E-state index in [2.05, 4.69) is 5.32 Å². The number of thiophene rings is 1. The maximum Gasteiger partial charge on any atom is 0.309 e. The first-order chi connectivity index (χ1) is 13.0. The normalized spacial score (nSPS) is 16.0. The molecule has 1 fully saturated rings. The van der Waals surface area contributed by atoms with Crippen molar-refractivity contribution in [3.63, 3.8) is 0 Å². The number of nitrogens with one attached hydrogen (secondary N) is 1. The summed E-state index contributed by atoms with van der Waals surface area (Å²) in [6.07, 6.45) is 1.73. The Balaban J connectivity index is 1.42. The fraction of sp³-hybridized carbons (Fsp3) is 0.421. The van der Waals surface area contributed by atoms with Crippen molar-refractivity contribution in [2.45, 2.75) is 32.4 Å². The Bertz CT molecular complexity index is 764. The zero-order valence-corrected chi connectivity index (χ0v) is 15.9. The van der Waals surface area contributed by atoms with E-state index < -0.39 is 6.10 Å². The third kappa shape index (κ3) is 4.97. The third-order valence-electron chi connectivity index (χ3n) is 4.53. The van der Waals surface area contributed by atoms with E-state index in [1.807, 2.05) is 11.4 Å². The van der Waals surface area contributed by atoms with Crippen molar-refractivity contribution in [3.05, 3.63) is 46.5 Å². The molecule has 1 aliphatic rings. The molecule has 8 heteroatoms. The third-order valence-corrected chi connectivity index (χ3v) is 5.38. The van der Waals surface area contributed by atoms with Crippen LogP contribution in [-0.4, -0.2) is 41.9 Å². The van der Waals surface area contributed by atoms with Crippen molar-refractivity contribution in [1.82, 2.24) is 10.2 Å². The summed E-state index contributed by atoms with van der Waals surface area (Å²) in [7, 11) is 0. The second-order valence-corrected chi connectivity index (χ2v) is 7.37. The smallest absolute Gasteiger partial charge is 0.309 e. The number of esters is 1. The molecule has 3 rings (SSSR count). The number of hydrogen-bond acceptors (Lipinski definition) is 6. The van der Waals surface area contributed by atoms with E-state index in [1.54, 1.807) is 30.0 Å². The number of amides is 2. The van der Waals surface area contributed by atoms with Crippen LogP contribution in [0.2, 0.25) is 0 Å². The first-order valence-corrected chi connectivity index (χ1v) is 9.76. The summed E-state index contributed by atoms with van der Waals surface area (Å²) in [4.78, 5) is 39.2. The van der Waals surface area contributed by atoms with Gasteiger partial charge in [0.15, 0.2) is 6.10 Å². The Morgan fingerprint density at radius 2 is 2.07 bits per heavy atom. The Hall–Kier alpha value is -2.61. The Morgan fingerprint density at radius 1 is 1.30 bits per heavy atom. The van der Waals surface area contributed by atoms with Crippen LogP contribution >= 0.6 is 11.3 Å². The van der Waals surface area contributed by atoms with E-state index in [4.69, 9.17) is 9.15 Å². The summed E-state index contributed by atoms with van der Waals surface area (Å²) in [5.74, 6) is -0.422. The van der Waals surface area contributed by atoms with Crippen LogP contribution < -0.4 is 5.32 Å². The molecule has 2 amide bonds. The number of ether oxygens (including phenoxy) is 1. The van der Waals surface area contributed by atoms with Gasteiger partial charge in [-0.05, 0) is 43.3 Å². The van der Waals surface area contributed by atoms with Gasteiger partial charge in [0.25, 0.3) is 11.8 Å². The number of piperidine rings is 1. The fourth-order valence-electron chi connectivity index (χ4n) is 2.93. The molecule has 7 nitrogen and oxygen atoms in total. The van der Waals surface area contributed by atoms with Crippen molar-refractivity contribution in [1.29, 1.82) is 0 Å². The first kappa shape index (κ1) is 19.2. The zero-order valence-electron chi connectivity index (χ0n) is 15.1. The number of carbonyl (C=O) groups is 3. The largest absolute Gasteiger partial charge is 0.467 e. The molecule has 2 aromatic rings. The average Bonchev–Trinajstić information content (AvgIpc) is 3.39. The van der Waals surface area contributed by atoms with Crippen LogP contribution in [-0.2, 0) is 20.9 Å². The molecule has 0 spiro atoms. The second kappa shape index (κ2) is 8.85. The number of carbonyl (C=O) groups excluding carboxylic acids is 3. The van der Waals surface area contributed by atoms with Crippen molar-refractivity contribution in [3.8, 4) is 0 Å². The van der Waals surface area contributed by atoms with Gasteiger partial charge in [-0.2, -0.15) is 0 Å². The van der Waals surface area contributed by atoms with Gasteiger partial charge in [0.2, 0.25) is 0 Å². The van der Waals surface area contributed by atoms with E-state index in [9.17, 15) is 14.4 Å². The van der Waals surface area contributed by atoms with Gasteiger partial charge in [0.05, 0.1) is 23.6 Å². The lowest BCUT2D eigenvalue weighted by atomic mass is 9.97. The zero-order chi connectivity index (χ0) is 19.2. The van der Waals surface area contributed by atoms with E-state index in [-0.39, 0.29) is 30.2 Å². The monoisotopic (exact) mass is 390 g/mol. The van der Waals surface area contributed by atoms with Gasteiger partial charge in [-0.1, -0.05) is 6.07 Å². The molecule has 3 heterocycles. The lowest BCUT2D eigenvalue weighted by Gasteiger charge is -2.31. The number of furan rings is 1. The summed E-state index contributed by atoms with van der Waals surface area (Å²) in [6.45, 7) is 2.81. The van der Waals surface area contributed by atoms with Crippen LogP contribution in [0, 0.1) is 5.92 Å². The molecular formula is C19H22N2O5S. The summed E-state index contributed by atoms with van der Waals surface area (Å²) < 4.78 is 10.4. The SMILES string of the molecule is C[C@H](OC(=O)C1CCN(C(=O)c2cccs2)CC1)C(=O)NCc1ccco1. The molecule has 2 aromatic heterocycles. The van der Waals surface area contributed by atoms with Crippen LogP contribution in [0.4, 0.5) is 0 Å². The van der Waals surface area contributed by atoms with Gasteiger partial charge in [0, 0.05) is 13.1 Å². The molecule has 1 aliphatic heterocycles.